The smallest absolute Gasteiger partial charge is 0.167 e. The van der Waals surface area contributed by atoms with E-state index in [1.807, 2.05) is 0 Å². The van der Waals surface area contributed by atoms with Crippen molar-refractivity contribution in [2.24, 2.45) is 0 Å². The molecule has 9 nitrogen and oxygen atoms in total. The molecule has 3 heterocycles. The first-order valence-electron chi connectivity index (χ1n) is 6.29. The number of anilines is 1. The van der Waals surface area contributed by atoms with Crippen molar-refractivity contribution in [2.45, 2.75) is 24.5 Å². The number of aromatic nitrogens is 4. The Hall–Kier alpha value is -1.38. The van der Waals surface area contributed by atoms with Crippen LogP contribution in [0.3, 0.4) is 0 Å². The molecule has 10 heteroatoms. The fourth-order valence-corrected chi connectivity index (χ4v) is 2.88. The van der Waals surface area contributed by atoms with Crippen LogP contribution in [0, 0.1) is 0 Å². The van der Waals surface area contributed by atoms with E-state index in [1.165, 1.54) is 6.33 Å². The predicted molar refractivity (Wildman–Crippen MR) is 76.1 cm³/mol. The van der Waals surface area contributed by atoms with E-state index in [0.717, 1.165) is 0 Å². The van der Waals surface area contributed by atoms with Gasteiger partial charge in [0.25, 0.3) is 0 Å². The average molecular weight is 313 g/mol. The van der Waals surface area contributed by atoms with E-state index < -0.39 is 24.5 Å². The number of rotatable bonds is 4. The van der Waals surface area contributed by atoms with Crippen LogP contribution in [0.2, 0.25) is 0 Å². The van der Waals surface area contributed by atoms with Crippen LogP contribution >= 0.6 is 9.47 Å². The molecule has 0 radical (unpaired) electrons. The number of nitrogens with two attached hydrogens (primary N) is 1. The van der Waals surface area contributed by atoms with Gasteiger partial charge in [0, 0.05) is 16.6 Å². The monoisotopic (exact) mass is 313 g/mol. The molecule has 2 aromatic rings. The van der Waals surface area contributed by atoms with Crippen LogP contribution in [-0.4, -0.2) is 56.7 Å². The van der Waals surface area contributed by atoms with Gasteiger partial charge in [0.2, 0.25) is 0 Å². The number of ether oxygens (including phenoxy) is 2. The summed E-state index contributed by atoms with van der Waals surface area (Å²) < 4.78 is 18.3. The van der Waals surface area contributed by atoms with E-state index in [0.29, 0.717) is 17.0 Å². The summed E-state index contributed by atoms with van der Waals surface area (Å²) in [5.41, 5.74) is 6.81. The average Bonchev–Trinajstić information content (AvgIpc) is 3.07. The second-order valence-corrected chi connectivity index (χ2v) is 4.90. The van der Waals surface area contributed by atoms with Gasteiger partial charge in [-0.3, -0.25) is 4.57 Å². The quantitative estimate of drug-likeness (QED) is 0.725. The van der Waals surface area contributed by atoms with Crippen LogP contribution in [0.15, 0.2) is 12.7 Å². The van der Waals surface area contributed by atoms with Gasteiger partial charge in [-0.2, -0.15) is 0 Å². The van der Waals surface area contributed by atoms with Crippen LogP contribution in [0.1, 0.15) is 6.23 Å². The minimum atomic E-state index is -0.531. The van der Waals surface area contributed by atoms with Gasteiger partial charge in [0.05, 0.1) is 12.9 Å². The zero-order valence-corrected chi connectivity index (χ0v) is 12.4. The number of hydrogen-bond donors (Lipinski definition) is 2. The molecule has 1 aliphatic heterocycles. The second-order valence-electron chi connectivity index (χ2n) is 4.63. The van der Waals surface area contributed by atoms with Gasteiger partial charge in [-0.25, -0.2) is 15.0 Å². The molecule has 0 bridgehead atoms. The lowest BCUT2D eigenvalue weighted by Crippen LogP contribution is -2.35. The molecule has 1 saturated heterocycles. The molecule has 3 N–H and O–H groups in total. The van der Waals surface area contributed by atoms with Crippen molar-refractivity contribution in [2.75, 3.05) is 19.5 Å². The fourth-order valence-electron chi connectivity index (χ4n) is 2.55. The summed E-state index contributed by atoms with van der Waals surface area (Å²) in [5.74, 6) is 0.295. The largest absolute Gasteiger partial charge is 0.394 e. The highest BCUT2D eigenvalue weighted by atomic mass is 31.0. The van der Waals surface area contributed by atoms with Gasteiger partial charge in [-0.1, -0.05) is 0 Å². The molecule has 0 aliphatic carbocycles. The molecule has 2 aromatic heterocycles. The van der Waals surface area contributed by atoms with Crippen LogP contribution in [-0.2, 0) is 14.0 Å². The summed E-state index contributed by atoms with van der Waals surface area (Å²) in [7, 11) is 3.73. The molecule has 0 aromatic carbocycles. The van der Waals surface area contributed by atoms with Crippen molar-refractivity contribution < 1.29 is 19.1 Å². The lowest BCUT2D eigenvalue weighted by molar-refractivity contribution is -0.0583. The van der Waals surface area contributed by atoms with Gasteiger partial charge in [-0.15, -0.1) is 0 Å². The lowest BCUT2D eigenvalue weighted by Gasteiger charge is -2.21. The van der Waals surface area contributed by atoms with Crippen molar-refractivity contribution in [1.29, 1.82) is 0 Å². The number of nitrogen functional groups attached to an aromatic ring is 1. The summed E-state index contributed by atoms with van der Waals surface area (Å²) in [6, 6.07) is 0. The number of hydrogen-bond acceptors (Lipinski definition) is 8. The molecular weight excluding hydrogens is 297 g/mol. The minimum absolute atomic E-state index is 0.181. The van der Waals surface area contributed by atoms with E-state index in [9.17, 15) is 5.11 Å². The molecule has 0 spiro atoms. The van der Waals surface area contributed by atoms with E-state index in [2.05, 4.69) is 24.4 Å². The molecule has 1 aliphatic rings. The Bertz CT molecular complexity index is 638. The SMILES string of the molecule is COC1C(OP)C(CO)OC1n1cnc2c(N)ncnc21. The van der Waals surface area contributed by atoms with Crippen molar-refractivity contribution in [1.82, 2.24) is 19.5 Å². The molecule has 0 amide bonds. The summed E-state index contributed by atoms with van der Waals surface area (Å²) in [6.45, 7) is -0.181. The number of imidazole rings is 1. The van der Waals surface area contributed by atoms with Crippen molar-refractivity contribution in [3.05, 3.63) is 12.7 Å². The van der Waals surface area contributed by atoms with Gasteiger partial charge >= 0.3 is 0 Å². The van der Waals surface area contributed by atoms with Gasteiger partial charge in [-0.05, 0) is 0 Å². The van der Waals surface area contributed by atoms with Crippen molar-refractivity contribution in [3.8, 4) is 0 Å². The van der Waals surface area contributed by atoms with Gasteiger partial charge in [0.15, 0.2) is 17.7 Å². The Morgan fingerprint density at radius 2 is 2.24 bits per heavy atom. The second kappa shape index (κ2) is 5.78. The van der Waals surface area contributed by atoms with Crippen LogP contribution < -0.4 is 5.73 Å². The highest BCUT2D eigenvalue weighted by molar-refractivity contribution is 7.09. The van der Waals surface area contributed by atoms with E-state index >= 15 is 0 Å². The zero-order valence-electron chi connectivity index (χ0n) is 11.3. The number of aliphatic hydroxyl groups excluding tert-OH is 1. The Morgan fingerprint density at radius 3 is 2.90 bits per heavy atom. The van der Waals surface area contributed by atoms with E-state index in [1.54, 1.807) is 18.0 Å². The normalized spacial score (nSPS) is 29.3. The molecule has 114 valence electrons. The number of aliphatic hydroxyl groups is 1. The maximum absolute atomic E-state index is 9.41. The lowest BCUT2D eigenvalue weighted by atomic mass is 10.1. The molecular formula is C11H16N5O4P. The Morgan fingerprint density at radius 1 is 1.43 bits per heavy atom. The van der Waals surface area contributed by atoms with Crippen LogP contribution in [0.25, 0.3) is 11.2 Å². The summed E-state index contributed by atoms with van der Waals surface area (Å²) in [4.78, 5) is 12.3. The first-order valence-corrected chi connectivity index (χ1v) is 6.76. The van der Waals surface area contributed by atoms with Crippen molar-refractivity contribution in [3.63, 3.8) is 0 Å². The summed E-state index contributed by atoms with van der Waals surface area (Å²) in [5, 5.41) is 9.41. The topological polar surface area (TPSA) is 118 Å². The van der Waals surface area contributed by atoms with Crippen LogP contribution in [0.5, 0.6) is 0 Å². The third kappa shape index (κ3) is 2.27. The molecule has 1 fully saturated rings. The predicted octanol–water partition coefficient (Wildman–Crippen LogP) is -0.512. The highest BCUT2D eigenvalue weighted by Crippen LogP contribution is 2.35. The maximum Gasteiger partial charge on any atom is 0.167 e. The Kier molecular flexibility index (Phi) is 4.01. The first-order chi connectivity index (χ1) is 10.2. The standard InChI is InChI=1S/C11H16N5O4P/c1-18-8-7(20-21)5(2-17)19-11(8)16-4-15-6-9(12)13-3-14-10(6)16/h3-5,7-8,11,17H,2,21H2,1H3,(H2,12,13,14). The molecule has 3 rings (SSSR count). The number of fused-ring (bicyclic) bond motifs is 1. The Labute approximate surface area is 122 Å². The highest BCUT2D eigenvalue weighted by Gasteiger charge is 2.46. The third-order valence-corrected chi connectivity index (χ3v) is 3.87. The van der Waals surface area contributed by atoms with Gasteiger partial charge in [0.1, 0.15) is 30.2 Å². The molecule has 21 heavy (non-hydrogen) atoms. The van der Waals surface area contributed by atoms with E-state index in [4.69, 9.17) is 19.7 Å². The molecule has 0 saturated carbocycles. The fraction of sp³-hybridized carbons (Fsp3) is 0.545. The van der Waals surface area contributed by atoms with Crippen molar-refractivity contribution >= 4 is 26.4 Å². The molecule has 5 unspecified atom stereocenters. The minimum Gasteiger partial charge on any atom is -0.394 e. The maximum atomic E-state index is 9.41. The van der Waals surface area contributed by atoms with Gasteiger partial charge < -0.3 is 24.8 Å². The third-order valence-electron chi connectivity index (χ3n) is 3.56. The number of methoxy groups -OCH3 is 1. The van der Waals surface area contributed by atoms with E-state index in [-0.39, 0.29) is 6.61 Å². The Balaban J connectivity index is 2.03. The molecule has 5 atom stereocenters. The van der Waals surface area contributed by atoms with Crippen LogP contribution in [0.4, 0.5) is 5.82 Å². The summed E-state index contributed by atoms with van der Waals surface area (Å²) >= 11 is 0. The zero-order chi connectivity index (χ0) is 15.0. The first kappa shape index (κ1) is 14.6. The number of nitrogens with zero attached hydrogens (tertiary/aromatic N) is 4. The summed E-state index contributed by atoms with van der Waals surface area (Å²) in [6.07, 6.45) is 1.04.